The van der Waals surface area contributed by atoms with Gasteiger partial charge in [0.25, 0.3) is 0 Å². The van der Waals surface area contributed by atoms with Gasteiger partial charge in [-0.3, -0.25) is 4.79 Å². The molecule has 1 aromatic carbocycles. The van der Waals surface area contributed by atoms with Crippen LogP contribution in [0, 0.1) is 16.7 Å². The van der Waals surface area contributed by atoms with E-state index in [9.17, 15) is 9.90 Å². The number of fused-ring (bicyclic) bond motifs is 2. The summed E-state index contributed by atoms with van der Waals surface area (Å²) in [5, 5.41) is 10.3. The number of allylic oxidation sites excluding steroid dienone is 2. The lowest BCUT2D eigenvalue weighted by molar-refractivity contribution is -0.128. The molecule has 2 unspecified atom stereocenters. The van der Waals surface area contributed by atoms with E-state index in [1.165, 1.54) is 23.1 Å². The van der Waals surface area contributed by atoms with E-state index < -0.39 is 0 Å². The Balaban J connectivity index is 1.67. The highest BCUT2D eigenvalue weighted by atomic mass is 16.3. The number of hydrogen-bond donors (Lipinski definition) is 1. The smallest absolute Gasteiger partial charge is 0.139 e. The lowest BCUT2D eigenvalue weighted by atomic mass is 9.59. The van der Waals surface area contributed by atoms with Gasteiger partial charge in [-0.2, -0.15) is 0 Å². The molecular formula is C22H26O2. The van der Waals surface area contributed by atoms with E-state index in [-0.39, 0.29) is 10.8 Å². The van der Waals surface area contributed by atoms with E-state index in [1.807, 2.05) is 6.07 Å². The third kappa shape index (κ3) is 1.55. The Morgan fingerprint density at radius 2 is 2.08 bits per heavy atom. The van der Waals surface area contributed by atoms with Crippen LogP contribution in [0.5, 0.6) is 5.75 Å². The number of aryl methyl sites for hydroxylation is 2. The molecule has 4 aliphatic rings. The van der Waals surface area contributed by atoms with Gasteiger partial charge in [0.2, 0.25) is 0 Å². The van der Waals surface area contributed by atoms with Crippen molar-refractivity contribution in [2.45, 2.75) is 65.2 Å². The summed E-state index contributed by atoms with van der Waals surface area (Å²) in [4.78, 5) is 12.6. The fourth-order valence-electron chi connectivity index (χ4n) is 6.37. The minimum Gasteiger partial charge on any atom is -0.508 e. The Hall–Kier alpha value is -1.57. The number of carbonyl (C=O) groups excluding carboxylic acids is 1. The summed E-state index contributed by atoms with van der Waals surface area (Å²) in [7, 11) is 0. The molecule has 2 nitrogen and oxygen atoms in total. The van der Waals surface area contributed by atoms with E-state index in [0.29, 0.717) is 17.5 Å². The van der Waals surface area contributed by atoms with Crippen LogP contribution in [-0.2, 0) is 17.6 Å². The molecule has 126 valence electrons. The van der Waals surface area contributed by atoms with Gasteiger partial charge in [-0.1, -0.05) is 25.8 Å². The van der Waals surface area contributed by atoms with Crippen LogP contribution in [0.3, 0.4) is 0 Å². The van der Waals surface area contributed by atoms with Crippen LogP contribution in [0.15, 0.2) is 17.7 Å². The first kappa shape index (κ1) is 14.7. The number of Topliss-reactive ketones (excluding diaryl/α,β-unsaturated/α-hetero) is 1. The second kappa shape index (κ2) is 4.53. The Labute approximate surface area is 144 Å². The molecule has 0 bridgehead atoms. The quantitative estimate of drug-likeness (QED) is 0.847. The summed E-state index contributed by atoms with van der Waals surface area (Å²) in [6.07, 6.45) is 8.21. The SMILES string of the molecule is CCCc1cc2c(cc1O)CCC1=C2CC[C@]2(C)C(=O)CC3CC132. The Morgan fingerprint density at radius 1 is 1.25 bits per heavy atom. The Kier molecular flexibility index (Phi) is 2.78. The number of hydrogen-bond acceptors (Lipinski definition) is 2. The van der Waals surface area contributed by atoms with Crippen molar-refractivity contribution in [2.24, 2.45) is 16.7 Å². The zero-order chi connectivity index (χ0) is 16.7. The maximum Gasteiger partial charge on any atom is 0.139 e. The number of aromatic hydroxyl groups is 1. The van der Waals surface area contributed by atoms with E-state index >= 15 is 0 Å². The Bertz CT molecular complexity index is 802. The highest BCUT2D eigenvalue weighted by Crippen LogP contribution is 2.78. The zero-order valence-electron chi connectivity index (χ0n) is 14.7. The van der Waals surface area contributed by atoms with Crippen molar-refractivity contribution >= 4 is 11.4 Å². The van der Waals surface area contributed by atoms with Crippen LogP contribution in [0.25, 0.3) is 5.57 Å². The minimum atomic E-state index is -0.0861. The molecular weight excluding hydrogens is 296 g/mol. The summed E-state index contributed by atoms with van der Waals surface area (Å²) >= 11 is 0. The molecule has 0 radical (unpaired) electrons. The number of benzene rings is 1. The fourth-order valence-corrected chi connectivity index (χ4v) is 6.37. The topological polar surface area (TPSA) is 37.3 Å². The highest BCUT2D eigenvalue weighted by molar-refractivity contribution is 5.94. The van der Waals surface area contributed by atoms with Gasteiger partial charge in [0.05, 0.1) is 0 Å². The van der Waals surface area contributed by atoms with Crippen molar-refractivity contribution in [3.05, 3.63) is 34.4 Å². The molecule has 1 N–H and O–H groups in total. The number of phenols is 1. The zero-order valence-corrected chi connectivity index (χ0v) is 14.7. The van der Waals surface area contributed by atoms with Gasteiger partial charge in [0.1, 0.15) is 11.5 Å². The molecule has 2 heteroatoms. The van der Waals surface area contributed by atoms with Crippen LogP contribution >= 0.6 is 0 Å². The monoisotopic (exact) mass is 322 g/mol. The first-order valence-corrected chi connectivity index (χ1v) is 9.62. The molecule has 1 aromatic rings. The maximum atomic E-state index is 12.6. The van der Waals surface area contributed by atoms with Crippen LogP contribution < -0.4 is 0 Å². The first-order chi connectivity index (χ1) is 11.5. The van der Waals surface area contributed by atoms with Gasteiger partial charge >= 0.3 is 0 Å². The first-order valence-electron chi connectivity index (χ1n) is 9.62. The summed E-state index contributed by atoms with van der Waals surface area (Å²) in [6.45, 7) is 4.41. The molecule has 2 saturated carbocycles. The summed E-state index contributed by atoms with van der Waals surface area (Å²) < 4.78 is 0. The molecule has 2 fully saturated rings. The highest BCUT2D eigenvalue weighted by Gasteiger charge is 2.74. The van der Waals surface area contributed by atoms with Crippen molar-refractivity contribution < 1.29 is 9.90 Å². The molecule has 0 amide bonds. The van der Waals surface area contributed by atoms with Crippen molar-refractivity contribution in [3.63, 3.8) is 0 Å². The third-order valence-corrected chi connectivity index (χ3v) is 7.71. The Morgan fingerprint density at radius 3 is 2.88 bits per heavy atom. The summed E-state index contributed by atoms with van der Waals surface area (Å²) in [6, 6.07) is 4.27. The lowest BCUT2D eigenvalue weighted by Gasteiger charge is -2.43. The minimum absolute atomic E-state index is 0.0861. The normalized spacial score (nSPS) is 36.1. The van der Waals surface area contributed by atoms with Gasteiger partial charge in [-0.05, 0) is 78.8 Å². The van der Waals surface area contributed by atoms with E-state index in [0.717, 1.165) is 50.5 Å². The number of carbonyl (C=O) groups is 1. The summed E-state index contributed by atoms with van der Waals surface area (Å²) in [5.41, 5.74) is 7.06. The van der Waals surface area contributed by atoms with Gasteiger partial charge in [0, 0.05) is 17.3 Å². The van der Waals surface area contributed by atoms with Crippen LogP contribution in [0.4, 0.5) is 0 Å². The largest absolute Gasteiger partial charge is 0.508 e. The van der Waals surface area contributed by atoms with Crippen LogP contribution in [0.2, 0.25) is 0 Å². The van der Waals surface area contributed by atoms with Crippen LogP contribution in [-0.4, -0.2) is 10.9 Å². The van der Waals surface area contributed by atoms with E-state index in [1.54, 1.807) is 5.57 Å². The third-order valence-electron chi connectivity index (χ3n) is 7.71. The molecule has 0 aromatic heterocycles. The van der Waals surface area contributed by atoms with Gasteiger partial charge in [-0.25, -0.2) is 0 Å². The average molecular weight is 322 g/mol. The number of rotatable bonds is 2. The fraction of sp³-hybridized carbons (Fsp3) is 0.591. The number of phenolic OH excluding ortho intramolecular Hbond substituents is 1. The molecule has 0 heterocycles. The van der Waals surface area contributed by atoms with Gasteiger partial charge in [-0.15, -0.1) is 0 Å². The molecule has 24 heavy (non-hydrogen) atoms. The molecule has 0 saturated heterocycles. The second-order valence-corrected chi connectivity index (χ2v) is 8.68. The molecule has 3 atom stereocenters. The predicted molar refractivity (Wildman–Crippen MR) is 94.8 cm³/mol. The summed E-state index contributed by atoms with van der Waals surface area (Å²) in [5.74, 6) is 1.61. The predicted octanol–water partition coefficient (Wildman–Crippen LogP) is 4.82. The van der Waals surface area contributed by atoms with Crippen molar-refractivity contribution in [3.8, 4) is 5.75 Å². The van der Waals surface area contributed by atoms with Crippen molar-refractivity contribution in [1.29, 1.82) is 0 Å². The second-order valence-electron chi connectivity index (χ2n) is 8.68. The number of ketones is 1. The molecule has 5 rings (SSSR count). The maximum absolute atomic E-state index is 12.6. The van der Waals surface area contributed by atoms with E-state index in [4.69, 9.17) is 0 Å². The standard InChI is InChI=1S/C22H26O2/c1-3-4-14-9-17-13(10-19(14)23)5-6-18-16(17)7-8-21(2)20(24)11-15-12-22(15,18)21/h9-10,15,23H,3-8,11-12H2,1-2H3/t15?,21-,22?/m1/s1. The van der Waals surface area contributed by atoms with Gasteiger partial charge < -0.3 is 5.11 Å². The molecule has 1 spiro atoms. The lowest BCUT2D eigenvalue weighted by Crippen LogP contribution is -2.38. The average Bonchev–Trinajstić information content (AvgIpc) is 3.21. The van der Waals surface area contributed by atoms with E-state index in [2.05, 4.69) is 19.9 Å². The van der Waals surface area contributed by atoms with Crippen molar-refractivity contribution in [2.75, 3.05) is 0 Å². The van der Waals surface area contributed by atoms with Crippen LogP contribution in [0.1, 0.15) is 69.1 Å². The molecule has 0 aliphatic heterocycles. The van der Waals surface area contributed by atoms with Crippen molar-refractivity contribution in [1.82, 2.24) is 0 Å². The van der Waals surface area contributed by atoms with Gasteiger partial charge in [0.15, 0.2) is 0 Å². The molecule has 4 aliphatic carbocycles.